The maximum absolute atomic E-state index is 12.4. The Kier molecular flexibility index (Phi) is 5.90. The highest BCUT2D eigenvalue weighted by Gasteiger charge is 2.16. The van der Waals surface area contributed by atoms with Gasteiger partial charge in [-0.1, -0.05) is 29.3 Å². The smallest absolute Gasteiger partial charge is 0.269 e. The van der Waals surface area contributed by atoms with Gasteiger partial charge in [-0.15, -0.1) is 0 Å². The average molecular weight is 379 g/mol. The summed E-state index contributed by atoms with van der Waals surface area (Å²) in [6.45, 7) is 1.26. The number of carbonyl (C=O) groups is 2. The van der Waals surface area contributed by atoms with Crippen molar-refractivity contribution < 1.29 is 14.5 Å². The molecule has 0 saturated heterocycles. The van der Waals surface area contributed by atoms with Crippen molar-refractivity contribution in [2.45, 2.75) is 6.92 Å². The third kappa shape index (κ3) is 4.89. The maximum atomic E-state index is 12.4. The molecule has 8 heteroatoms. The third-order valence-corrected chi connectivity index (χ3v) is 3.78. The fraction of sp³-hybridized carbons (Fsp3) is 0.0588. The Morgan fingerprint density at radius 2 is 1.76 bits per heavy atom. The number of nitro groups is 1. The van der Waals surface area contributed by atoms with Crippen molar-refractivity contribution in [3.05, 3.63) is 73.8 Å². The lowest BCUT2D eigenvalue weighted by molar-refractivity contribution is -0.384. The number of ketones is 1. The molecule has 0 radical (unpaired) electrons. The summed E-state index contributed by atoms with van der Waals surface area (Å²) in [7, 11) is 0. The molecule has 0 fully saturated rings. The average Bonchev–Trinajstić information content (AvgIpc) is 2.54. The fourth-order valence-electron chi connectivity index (χ4n) is 1.97. The molecule has 2 aromatic carbocycles. The van der Waals surface area contributed by atoms with Gasteiger partial charge in [-0.05, 0) is 42.8 Å². The van der Waals surface area contributed by atoms with Crippen LogP contribution >= 0.6 is 23.2 Å². The zero-order valence-electron chi connectivity index (χ0n) is 13.0. The van der Waals surface area contributed by atoms with E-state index in [0.29, 0.717) is 21.3 Å². The summed E-state index contributed by atoms with van der Waals surface area (Å²) in [5.41, 5.74) is 0.580. The summed E-state index contributed by atoms with van der Waals surface area (Å²) in [5, 5.41) is 13.9. The predicted molar refractivity (Wildman–Crippen MR) is 96.8 cm³/mol. The Bertz CT molecular complexity index is 877. The molecule has 0 aromatic heterocycles. The number of nitro benzene ring substituents is 1. The van der Waals surface area contributed by atoms with Gasteiger partial charge in [-0.3, -0.25) is 19.7 Å². The summed E-state index contributed by atoms with van der Waals surface area (Å²) >= 11 is 11.9. The number of amides is 1. The largest absolute Gasteiger partial charge is 0.322 e. The number of rotatable bonds is 5. The highest BCUT2D eigenvalue weighted by Crippen LogP contribution is 2.24. The molecular weight excluding hydrogens is 367 g/mol. The van der Waals surface area contributed by atoms with Gasteiger partial charge in [0.05, 0.1) is 10.5 Å². The summed E-state index contributed by atoms with van der Waals surface area (Å²) in [5.74, 6) is -1.10. The predicted octanol–water partition coefficient (Wildman–Crippen LogP) is 4.51. The standard InChI is InChI=1S/C17H12Cl2N2O4/c1-10(22)15(8-11-2-3-12(18)9-16(11)19)17(23)20-13-4-6-14(7-5-13)21(24)25/h2-9H,1H3,(H,20,23)/b15-8+. The second-order valence-corrected chi connectivity index (χ2v) is 5.88. The number of nitrogens with one attached hydrogen (secondary N) is 1. The number of Topliss-reactive ketones (excluding diaryl/α,β-unsaturated/α-hetero) is 1. The van der Waals surface area contributed by atoms with E-state index in [1.165, 1.54) is 43.3 Å². The van der Waals surface area contributed by atoms with Crippen LogP contribution < -0.4 is 5.32 Å². The molecule has 6 nitrogen and oxygen atoms in total. The van der Waals surface area contributed by atoms with E-state index in [-0.39, 0.29) is 11.3 Å². The Morgan fingerprint density at radius 1 is 1.12 bits per heavy atom. The fourth-order valence-corrected chi connectivity index (χ4v) is 2.43. The molecule has 128 valence electrons. The first-order chi connectivity index (χ1) is 11.8. The van der Waals surface area contributed by atoms with Crippen molar-refractivity contribution in [2.75, 3.05) is 5.32 Å². The normalized spacial score (nSPS) is 11.1. The second kappa shape index (κ2) is 7.92. The van der Waals surface area contributed by atoms with Gasteiger partial charge in [-0.2, -0.15) is 0 Å². The molecule has 0 heterocycles. The number of benzene rings is 2. The lowest BCUT2D eigenvalue weighted by Crippen LogP contribution is -2.18. The molecule has 2 aromatic rings. The topological polar surface area (TPSA) is 89.3 Å². The van der Waals surface area contributed by atoms with Gasteiger partial charge in [0.2, 0.25) is 0 Å². The van der Waals surface area contributed by atoms with Crippen molar-refractivity contribution in [3.8, 4) is 0 Å². The molecule has 0 aliphatic carbocycles. The minimum absolute atomic E-state index is 0.103. The number of nitrogens with zero attached hydrogens (tertiary/aromatic N) is 1. The quantitative estimate of drug-likeness (QED) is 0.272. The van der Waals surface area contributed by atoms with Crippen LogP contribution in [0.15, 0.2) is 48.0 Å². The Balaban J connectivity index is 2.27. The minimum Gasteiger partial charge on any atom is -0.322 e. The summed E-state index contributed by atoms with van der Waals surface area (Å²) in [6, 6.07) is 9.94. The second-order valence-electron chi connectivity index (χ2n) is 5.04. The van der Waals surface area contributed by atoms with Crippen LogP contribution in [0, 0.1) is 10.1 Å². The lowest BCUT2D eigenvalue weighted by Gasteiger charge is -2.07. The SMILES string of the molecule is CC(=O)/C(=C\c1ccc(Cl)cc1Cl)C(=O)Nc1ccc([N+](=O)[O-])cc1. The monoisotopic (exact) mass is 378 g/mol. The number of anilines is 1. The molecule has 1 N–H and O–H groups in total. The number of halogens is 2. The number of hydrogen-bond acceptors (Lipinski definition) is 4. The highest BCUT2D eigenvalue weighted by molar-refractivity contribution is 6.36. The van der Waals surface area contributed by atoms with Crippen molar-refractivity contribution in [1.29, 1.82) is 0 Å². The van der Waals surface area contributed by atoms with Crippen molar-refractivity contribution in [3.63, 3.8) is 0 Å². The number of hydrogen-bond donors (Lipinski definition) is 1. The van der Waals surface area contributed by atoms with Crippen LogP contribution in [0.25, 0.3) is 6.08 Å². The van der Waals surface area contributed by atoms with Crippen LogP contribution in [0.1, 0.15) is 12.5 Å². The molecule has 0 aliphatic heterocycles. The molecule has 1 amide bonds. The Labute approximate surface area is 153 Å². The number of carbonyl (C=O) groups excluding carboxylic acids is 2. The third-order valence-electron chi connectivity index (χ3n) is 3.22. The van der Waals surface area contributed by atoms with E-state index in [9.17, 15) is 19.7 Å². The van der Waals surface area contributed by atoms with Crippen molar-refractivity contribution in [1.82, 2.24) is 0 Å². The molecule has 0 aliphatic rings. The molecule has 25 heavy (non-hydrogen) atoms. The van der Waals surface area contributed by atoms with Gasteiger partial charge in [-0.25, -0.2) is 0 Å². The molecule has 0 bridgehead atoms. The molecule has 0 spiro atoms. The van der Waals surface area contributed by atoms with Crippen LogP contribution in [0.4, 0.5) is 11.4 Å². The number of non-ortho nitro benzene ring substituents is 1. The van der Waals surface area contributed by atoms with Crippen molar-refractivity contribution >= 4 is 52.3 Å². The van der Waals surface area contributed by atoms with Gasteiger partial charge >= 0.3 is 0 Å². The van der Waals surface area contributed by atoms with Gasteiger partial charge in [0.15, 0.2) is 5.78 Å². The first-order valence-corrected chi connectivity index (χ1v) is 7.77. The molecular formula is C17H12Cl2N2O4. The summed E-state index contributed by atoms with van der Waals surface area (Å²) in [4.78, 5) is 34.3. The Hall–Kier alpha value is -2.70. The van der Waals surface area contributed by atoms with Gasteiger partial charge in [0, 0.05) is 27.9 Å². The minimum atomic E-state index is -0.646. The zero-order valence-corrected chi connectivity index (χ0v) is 14.5. The van der Waals surface area contributed by atoms with E-state index in [1.54, 1.807) is 12.1 Å². The van der Waals surface area contributed by atoms with Crippen LogP contribution in [0.2, 0.25) is 10.0 Å². The van der Waals surface area contributed by atoms with E-state index in [4.69, 9.17) is 23.2 Å². The van der Waals surface area contributed by atoms with Gasteiger partial charge < -0.3 is 5.32 Å². The van der Waals surface area contributed by atoms with E-state index in [1.807, 2.05) is 0 Å². The van der Waals surface area contributed by atoms with Gasteiger partial charge in [0.1, 0.15) is 0 Å². The molecule has 0 unspecified atom stereocenters. The van der Waals surface area contributed by atoms with Gasteiger partial charge in [0.25, 0.3) is 11.6 Å². The van der Waals surface area contributed by atoms with E-state index in [2.05, 4.69) is 5.32 Å². The van der Waals surface area contributed by atoms with Crippen LogP contribution in [-0.4, -0.2) is 16.6 Å². The first-order valence-electron chi connectivity index (χ1n) is 7.01. The highest BCUT2D eigenvalue weighted by atomic mass is 35.5. The van der Waals surface area contributed by atoms with E-state index in [0.717, 1.165) is 0 Å². The van der Waals surface area contributed by atoms with E-state index < -0.39 is 16.6 Å². The summed E-state index contributed by atoms with van der Waals surface area (Å²) < 4.78 is 0. The Morgan fingerprint density at radius 3 is 2.28 bits per heavy atom. The molecule has 2 rings (SSSR count). The van der Waals surface area contributed by atoms with Crippen LogP contribution in [0.3, 0.4) is 0 Å². The lowest BCUT2D eigenvalue weighted by atomic mass is 10.1. The molecule has 0 atom stereocenters. The van der Waals surface area contributed by atoms with Crippen molar-refractivity contribution in [2.24, 2.45) is 0 Å². The zero-order chi connectivity index (χ0) is 18.6. The maximum Gasteiger partial charge on any atom is 0.269 e. The van der Waals surface area contributed by atoms with Crippen LogP contribution in [-0.2, 0) is 9.59 Å². The summed E-state index contributed by atoms with van der Waals surface area (Å²) in [6.07, 6.45) is 1.36. The van der Waals surface area contributed by atoms with Crippen LogP contribution in [0.5, 0.6) is 0 Å². The first kappa shape index (κ1) is 18.6. The van der Waals surface area contributed by atoms with E-state index >= 15 is 0 Å². The molecule has 0 saturated carbocycles.